The van der Waals surface area contributed by atoms with E-state index in [2.05, 4.69) is 20.2 Å². The monoisotopic (exact) mass is 492 g/mol. The van der Waals surface area contributed by atoms with E-state index in [1.54, 1.807) is 24.7 Å². The second-order valence-corrected chi connectivity index (χ2v) is 8.10. The van der Waals surface area contributed by atoms with Crippen LogP contribution in [0.5, 0.6) is 5.75 Å². The minimum Gasteiger partial charge on any atom is -0.496 e. The molecular weight excluding hydrogens is 473 g/mol. The van der Waals surface area contributed by atoms with Crippen molar-refractivity contribution in [2.75, 3.05) is 7.11 Å². The number of benzene rings is 1. The molecule has 182 valence electrons. The van der Waals surface area contributed by atoms with E-state index in [9.17, 15) is 18.0 Å². The van der Waals surface area contributed by atoms with Crippen molar-refractivity contribution in [1.29, 1.82) is 0 Å². The van der Waals surface area contributed by atoms with Crippen LogP contribution < -0.4 is 10.4 Å². The maximum atomic E-state index is 13.1. The van der Waals surface area contributed by atoms with E-state index < -0.39 is 17.6 Å². The van der Waals surface area contributed by atoms with E-state index in [4.69, 9.17) is 4.74 Å². The van der Waals surface area contributed by atoms with Gasteiger partial charge in [0.15, 0.2) is 5.65 Å². The molecule has 4 aromatic heterocycles. The number of fused-ring (bicyclic) bond motifs is 1. The molecule has 0 N–H and O–H groups in total. The van der Waals surface area contributed by atoms with Gasteiger partial charge in [-0.05, 0) is 30.2 Å². The molecule has 4 heterocycles. The van der Waals surface area contributed by atoms with Gasteiger partial charge in [0.1, 0.15) is 11.4 Å². The molecule has 0 saturated carbocycles. The van der Waals surface area contributed by atoms with Crippen LogP contribution in [0, 0.1) is 6.92 Å². The van der Waals surface area contributed by atoms with Crippen molar-refractivity contribution in [3.63, 3.8) is 0 Å². The Morgan fingerprint density at radius 1 is 0.972 bits per heavy atom. The highest BCUT2D eigenvalue weighted by molar-refractivity contribution is 5.93. The Balaban J connectivity index is 1.69. The third kappa shape index (κ3) is 4.19. The fourth-order valence-electron chi connectivity index (χ4n) is 3.89. The Kier molecular flexibility index (Phi) is 5.75. The number of nitrogens with zero attached hydrogens (tertiary/aromatic N) is 6. The lowest BCUT2D eigenvalue weighted by Gasteiger charge is -2.13. The number of ether oxygens (including phenoxy) is 1. The molecule has 11 heteroatoms. The van der Waals surface area contributed by atoms with Crippen molar-refractivity contribution in [3.05, 3.63) is 94.6 Å². The molecule has 0 saturated heterocycles. The highest BCUT2D eigenvalue weighted by Crippen LogP contribution is 2.38. The number of aromatic nitrogens is 6. The Morgan fingerprint density at radius 2 is 1.75 bits per heavy atom. The van der Waals surface area contributed by atoms with Crippen molar-refractivity contribution < 1.29 is 17.9 Å². The third-order valence-electron chi connectivity index (χ3n) is 5.69. The molecule has 36 heavy (non-hydrogen) atoms. The first-order chi connectivity index (χ1) is 17.3. The predicted octanol–water partition coefficient (Wildman–Crippen LogP) is 4.40. The van der Waals surface area contributed by atoms with E-state index in [0.29, 0.717) is 28.0 Å². The maximum Gasteiger partial charge on any atom is 0.433 e. The quantitative estimate of drug-likeness (QED) is 0.362. The van der Waals surface area contributed by atoms with Gasteiger partial charge in [0.2, 0.25) is 0 Å². The van der Waals surface area contributed by atoms with Crippen LogP contribution in [0.2, 0.25) is 0 Å². The lowest BCUT2D eigenvalue weighted by molar-refractivity contribution is -0.141. The predicted molar refractivity (Wildman–Crippen MR) is 126 cm³/mol. The zero-order valence-electron chi connectivity index (χ0n) is 19.2. The van der Waals surface area contributed by atoms with E-state index >= 15 is 0 Å². The Morgan fingerprint density at radius 3 is 2.42 bits per heavy atom. The summed E-state index contributed by atoms with van der Waals surface area (Å²) < 4.78 is 46.4. The zero-order valence-corrected chi connectivity index (χ0v) is 19.2. The summed E-state index contributed by atoms with van der Waals surface area (Å²) >= 11 is 0. The summed E-state index contributed by atoms with van der Waals surface area (Å²) in [6, 6.07) is 11.7. The van der Waals surface area contributed by atoms with Crippen LogP contribution in [0.4, 0.5) is 13.2 Å². The molecule has 0 spiro atoms. The van der Waals surface area contributed by atoms with Crippen LogP contribution in [0.1, 0.15) is 16.8 Å². The van der Waals surface area contributed by atoms with Crippen molar-refractivity contribution in [2.45, 2.75) is 19.6 Å². The molecule has 5 rings (SSSR count). The summed E-state index contributed by atoms with van der Waals surface area (Å²) in [5.41, 5.74) is 2.91. The lowest BCUT2D eigenvalue weighted by Crippen LogP contribution is -2.23. The van der Waals surface area contributed by atoms with Gasteiger partial charge >= 0.3 is 11.9 Å². The number of aryl methyl sites for hydroxylation is 1. The largest absolute Gasteiger partial charge is 0.496 e. The molecule has 1 aromatic carbocycles. The fourth-order valence-corrected chi connectivity index (χ4v) is 3.89. The highest BCUT2D eigenvalue weighted by atomic mass is 19.4. The molecule has 0 amide bonds. The van der Waals surface area contributed by atoms with Crippen LogP contribution in [0.25, 0.3) is 27.9 Å². The SMILES string of the molecule is COc1ccncc1-c1c(-c2ccc(C)cc2)cnn2c(=O)n(Cc3ccc(C(F)(F)F)nc3)nc12. The number of rotatable bonds is 5. The van der Waals surface area contributed by atoms with Crippen LogP contribution >= 0.6 is 0 Å². The number of methoxy groups -OCH3 is 1. The first-order valence-electron chi connectivity index (χ1n) is 10.8. The number of pyridine rings is 2. The van der Waals surface area contributed by atoms with E-state index in [1.807, 2.05) is 31.2 Å². The molecule has 0 aliphatic carbocycles. The van der Waals surface area contributed by atoms with E-state index in [-0.39, 0.29) is 12.2 Å². The lowest BCUT2D eigenvalue weighted by atomic mass is 9.97. The number of hydrogen-bond acceptors (Lipinski definition) is 6. The molecule has 0 atom stereocenters. The fraction of sp³-hybridized carbons (Fsp3) is 0.160. The molecule has 5 aromatic rings. The van der Waals surface area contributed by atoms with Crippen LogP contribution in [-0.4, -0.2) is 36.5 Å². The molecule has 0 bridgehead atoms. The third-order valence-corrected chi connectivity index (χ3v) is 5.69. The van der Waals surface area contributed by atoms with Crippen molar-refractivity contribution in [1.82, 2.24) is 29.4 Å². The second kappa shape index (κ2) is 8.91. The van der Waals surface area contributed by atoms with Gasteiger partial charge in [-0.15, -0.1) is 5.10 Å². The van der Waals surface area contributed by atoms with Gasteiger partial charge in [-0.1, -0.05) is 35.9 Å². The van der Waals surface area contributed by atoms with Gasteiger partial charge in [0.25, 0.3) is 0 Å². The maximum absolute atomic E-state index is 13.1. The summed E-state index contributed by atoms with van der Waals surface area (Å²) in [5, 5.41) is 8.83. The standard InChI is InChI=1S/C25H19F3N6O2/c1-15-3-6-17(7-4-15)18-13-31-34-23(22(18)19-12-29-10-9-20(19)36-2)32-33(24(34)35)14-16-5-8-21(30-11-16)25(26,27)28/h3-13H,14H2,1-2H3. The Labute approximate surface area is 202 Å². The van der Waals surface area contributed by atoms with Gasteiger partial charge < -0.3 is 4.74 Å². The summed E-state index contributed by atoms with van der Waals surface area (Å²) in [6.45, 7) is 1.89. The number of halogens is 3. The van der Waals surface area contributed by atoms with Gasteiger partial charge in [-0.3, -0.25) is 9.97 Å². The summed E-state index contributed by atoms with van der Waals surface area (Å²) in [6.07, 6.45) is 1.32. The van der Waals surface area contributed by atoms with E-state index in [0.717, 1.165) is 32.6 Å². The molecule has 0 unspecified atom stereocenters. The van der Waals surface area contributed by atoms with Gasteiger partial charge in [-0.25, -0.2) is 9.48 Å². The molecule has 0 aliphatic heterocycles. The zero-order chi connectivity index (χ0) is 25.4. The normalized spacial score (nSPS) is 11.7. The number of hydrogen-bond donors (Lipinski definition) is 0. The Bertz CT molecular complexity index is 1610. The van der Waals surface area contributed by atoms with Crippen molar-refractivity contribution in [3.8, 4) is 28.0 Å². The van der Waals surface area contributed by atoms with Crippen molar-refractivity contribution in [2.24, 2.45) is 0 Å². The minimum absolute atomic E-state index is 0.0865. The van der Waals surface area contributed by atoms with E-state index in [1.165, 1.54) is 13.2 Å². The summed E-state index contributed by atoms with van der Waals surface area (Å²) in [4.78, 5) is 20.8. The van der Waals surface area contributed by atoms with Crippen LogP contribution in [0.3, 0.4) is 0 Å². The van der Waals surface area contributed by atoms with Gasteiger partial charge in [-0.2, -0.15) is 22.8 Å². The topological polar surface area (TPSA) is 87.2 Å². The number of alkyl halides is 3. The first-order valence-corrected chi connectivity index (χ1v) is 10.8. The first kappa shape index (κ1) is 23.2. The molecule has 8 nitrogen and oxygen atoms in total. The molecule has 0 aliphatic rings. The minimum atomic E-state index is -4.55. The average molecular weight is 492 g/mol. The highest BCUT2D eigenvalue weighted by Gasteiger charge is 2.32. The van der Waals surface area contributed by atoms with Gasteiger partial charge in [0.05, 0.1) is 19.9 Å². The van der Waals surface area contributed by atoms with Crippen LogP contribution in [-0.2, 0) is 12.7 Å². The van der Waals surface area contributed by atoms with Crippen molar-refractivity contribution >= 4 is 5.65 Å². The molecule has 0 radical (unpaired) electrons. The summed E-state index contributed by atoms with van der Waals surface area (Å²) in [5.74, 6) is 0.528. The smallest absolute Gasteiger partial charge is 0.433 e. The van der Waals surface area contributed by atoms with Crippen LogP contribution in [0.15, 0.2) is 72.0 Å². The molecule has 0 fully saturated rings. The Hall–Kier alpha value is -4.54. The second-order valence-electron chi connectivity index (χ2n) is 8.10. The summed E-state index contributed by atoms with van der Waals surface area (Å²) in [7, 11) is 1.53. The molecular formula is C25H19F3N6O2. The van der Waals surface area contributed by atoms with Gasteiger partial charge in [0, 0.05) is 35.3 Å². The average Bonchev–Trinajstić information content (AvgIpc) is 3.18.